The molecule has 0 heterocycles. The highest BCUT2D eigenvalue weighted by Gasteiger charge is 2.15. The van der Waals surface area contributed by atoms with Gasteiger partial charge in [0.25, 0.3) is 0 Å². The van der Waals surface area contributed by atoms with Crippen molar-refractivity contribution in [1.29, 1.82) is 0 Å². The van der Waals surface area contributed by atoms with E-state index >= 15 is 0 Å². The van der Waals surface area contributed by atoms with Gasteiger partial charge in [0.05, 0.1) is 6.61 Å². The minimum Gasteiger partial charge on any atom is -0.466 e. The first-order chi connectivity index (χ1) is 11.3. The lowest BCUT2D eigenvalue weighted by Gasteiger charge is -2.13. The fraction of sp³-hybridized carbons (Fsp3) is 0.350. The maximum absolute atomic E-state index is 14.4. The second-order valence-corrected chi connectivity index (χ2v) is 6.01. The number of hydrogen-bond donors (Lipinski definition) is 0. The zero-order valence-corrected chi connectivity index (χ0v) is 14.5. The van der Waals surface area contributed by atoms with Gasteiger partial charge in [-0.1, -0.05) is 6.07 Å². The van der Waals surface area contributed by atoms with Crippen LogP contribution in [0.4, 0.5) is 8.78 Å². The molecule has 0 N–H and O–H groups in total. The summed E-state index contributed by atoms with van der Waals surface area (Å²) in [5.74, 6) is -1.04. The van der Waals surface area contributed by atoms with Crippen LogP contribution in [0.5, 0.6) is 0 Å². The Bertz CT molecular complexity index is 743. The van der Waals surface area contributed by atoms with Gasteiger partial charge in [-0.15, -0.1) is 0 Å². The molecule has 0 aromatic heterocycles. The number of rotatable bonds is 5. The third-order valence-corrected chi connectivity index (χ3v) is 3.95. The Morgan fingerprint density at radius 3 is 2.38 bits per heavy atom. The third kappa shape index (κ3) is 3.99. The van der Waals surface area contributed by atoms with Crippen molar-refractivity contribution in [3.05, 3.63) is 58.2 Å². The molecular weight excluding hydrogens is 310 g/mol. The van der Waals surface area contributed by atoms with Gasteiger partial charge in [0, 0.05) is 12.0 Å². The zero-order chi connectivity index (χ0) is 17.9. The average Bonchev–Trinajstić information content (AvgIpc) is 2.48. The summed E-state index contributed by atoms with van der Waals surface area (Å²) in [4.78, 5) is 11.5. The van der Waals surface area contributed by atoms with E-state index in [-0.39, 0.29) is 30.4 Å². The van der Waals surface area contributed by atoms with Gasteiger partial charge in [-0.3, -0.25) is 4.79 Å². The molecule has 0 aliphatic rings. The summed E-state index contributed by atoms with van der Waals surface area (Å²) in [6, 6.07) is 6.64. The monoisotopic (exact) mass is 332 g/mol. The van der Waals surface area contributed by atoms with E-state index in [1.54, 1.807) is 26.0 Å². The molecule has 0 saturated carbocycles. The van der Waals surface area contributed by atoms with Gasteiger partial charge in [0.2, 0.25) is 0 Å². The van der Waals surface area contributed by atoms with Crippen LogP contribution < -0.4 is 0 Å². The smallest absolute Gasteiger partial charge is 0.306 e. The van der Waals surface area contributed by atoms with E-state index in [0.29, 0.717) is 28.9 Å². The number of hydrogen-bond acceptors (Lipinski definition) is 2. The highest BCUT2D eigenvalue weighted by molar-refractivity contribution is 5.71. The van der Waals surface area contributed by atoms with Crippen LogP contribution in [0.1, 0.15) is 35.6 Å². The van der Waals surface area contributed by atoms with E-state index in [4.69, 9.17) is 4.74 Å². The second-order valence-electron chi connectivity index (χ2n) is 6.01. The van der Waals surface area contributed by atoms with Crippen LogP contribution in [-0.4, -0.2) is 12.6 Å². The molecule has 0 aliphatic carbocycles. The lowest BCUT2D eigenvalue weighted by molar-refractivity contribution is -0.143. The summed E-state index contributed by atoms with van der Waals surface area (Å²) >= 11 is 0. The van der Waals surface area contributed by atoms with Gasteiger partial charge in [-0.05, 0) is 80.1 Å². The summed E-state index contributed by atoms with van der Waals surface area (Å²) in [6.45, 7) is 7.34. The minimum absolute atomic E-state index is 0.100. The van der Waals surface area contributed by atoms with E-state index in [1.807, 2.05) is 19.9 Å². The maximum Gasteiger partial charge on any atom is 0.306 e. The normalized spacial score (nSPS) is 10.8. The molecule has 0 fully saturated rings. The Morgan fingerprint density at radius 2 is 1.75 bits per heavy atom. The van der Waals surface area contributed by atoms with E-state index in [1.165, 1.54) is 6.07 Å². The first-order valence-electron chi connectivity index (χ1n) is 8.05. The number of esters is 1. The largest absolute Gasteiger partial charge is 0.466 e. The van der Waals surface area contributed by atoms with Crippen molar-refractivity contribution in [1.82, 2.24) is 0 Å². The van der Waals surface area contributed by atoms with Crippen molar-refractivity contribution in [3.63, 3.8) is 0 Å². The summed E-state index contributed by atoms with van der Waals surface area (Å²) < 4.78 is 33.6. The van der Waals surface area contributed by atoms with E-state index in [9.17, 15) is 13.6 Å². The Morgan fingerprint density at radius 1 is 1.04 bits per heavy atom. The lowest BCUT2D eigenvalue weighted by Crippen LogP contribution is -2.06. The van der Waals surface area contributed by atoms with Crippen LogP contribution in [0.25, 0.3) is 11.1 Å². The molecule has 0 radical (unpaired) electrons. The molecule has 0 unspecified atom stereocenters. The number of benzene rings is 2. The molecule has 0 bridgehead atoms. The number of carbonyl (C=O) groups is 1. The molecule has 0 atom stereocenters. The van der Waals surface area contributed by atoms with Gasteiger partial charge in [-0.25, -0.2) is 8.78 Å². The molecule has 128 valence electrons. The minimum atomic E-state index is -0.363. The number of aryl methyl sites for hydroxylation is 4. The van der Waals surface area contributed by atoms with Crippen molar-refractivity contribution in [2.45, 2.75) is 40.5 Å². The SMILES string of the molecule is CCOC(=O)CCc1cc(-c2c(C)cc(C)cc2F)cc(C)c1F. The molecule has 2 aromatic rings. The molecule has 0 amide bonds. The van der Waals surface area contributed by atoms with Crippen molar-refractivity contribution < 1.29 is 18.3 Å². The summed E-state index contributed by atoms with van der Waals surface area (Å²) in [5.41, 5.74) is 3.58. The van der Waals surface area contributed by atoms with Gasteiger partial charge < -0.3 is 4.74 Å². The van der Waals surface area contributed by atoms with Crippen LogP contribution in [0.3, 0.4) is 0 Å². The second kappa shape index (κ2) is 7.56. The first kappa shape index (κ1) is 18.1. The van der Waals surface area contributed by atoms with Gasteiger partial charge in [0.1, 0.15) is 11.6 Å². The highest BCUT2D eigenvalue weighted by atomic mass is 19.1. The number of ether oxygens (including phenoxy) is 1. The average molecular weight is 332 g/mol. The van der Waals surface area contributed by atoms with Crippen LogP contribution >= 0.6 is 0 Å². The molecule has 24 heavy (non-hydrogen) atoms. The predicted octanol–water partition coefficient (Wildman–Crippen LogP) is 5.05. The maximum atomic E-state index is 14.4. The van der Waals surface area contributed by atoms with Crippen LogP contribution in [0.15, 0.2) is 24.3 Å². The van der Waals surface area contributed by atoms with Crippen LogP contribution in [0, 0.1) is 32.4 Å². The van der Waals surface area contributed by atoms with Crippen molar-refractivity contribution in [3.8, 4) is 11.1 Å². The van der Waals surface area contributed by atoms with Crippen LogP contribution in [-0.2, 0) is 16.0 Å². The Kier molecular flexibility index (Phi) is 5.71. The Labute approximate surface area is 141 Å². The summed E-state index contributed by atoms with van der Waals surface area (Å²) in [7, 11) is 0. The Hall–Kier alpha value is -2.23. The molecule has 0 spiro atoms. The van der Waals surface area contributed by atoms with Crippen molar-refractivity contribution >= 4 is 5.97 Å². The molecule has 4 heteroatoms. The zero-order valence-electron chi connectivity index (χ0n) is 14.5. The Balaban J connectivity index is 2.41. The van der Waals surface area contributed by atoms with E-state index < -0.39 is 0 Å². The van der Waals surface area contributed by atoms with Gasteiger partial charge in [0.15, 0.2) is 0 Å². The number of carbonyl (C=O) groups excluding carboxylic acids is 1. The van der Waals surface area contributed by atoms with E-state index in [2.05, 4.69) is 0 Å². The van der Waals surface area contributed by atoms with Gasteiger partial charge in [-0.2, -0.15) is 0 Å². The van der Waals surface area contributed by atoms with Gasteiger partial charge >= 0.3 is 5.97 Å². The third-order valence-electron chi connectivity index (χ3n) is 3.95. The molecular formula is C20H22F2O2. The molecule has 0 saturated heterocycles. The van der Waals surface area contributed by atoms with Crippen molar-refractivity contribution in [2.24, 2.45) is 0 Å². The molecule has 0 aliphatic heterocycles. The predicted molar refractivity (Wildman–Crippen MR) is 91.0 cm³/mol. The summed E-state index contributed by atoms with van der Waals surface area (Å²) in [6.07, 6.45) is 0.328. The van der Waals surface area contributed by atoms with E-state index in [0.717, 1.165) is 11.1 Å². The summed E-state index contributed by atoms with van der Waals surface area (Å²) in [5, 5.41) is 0. The molecule has 2 aromatic carbocycles. The quantitative estimate of drug-likeness (QED) is 0.716. The highest BCUT2D eigenvalue weighted by Crippen LogP contribution is 2.31. The van der Waals surface area contributed by atoms with Crippen molar-refractivity contribution in [2.75, 3.05) is 6.61 Å². The fourth-order valence-corrected chi connectivity index (χ4v) is 2.92. The first-order valence-corrected chi connectivity index (χ1v) is 8.05. The van der Waals surface area contributed by atoms with Crippen LogP contribution in [0.2, 0.25) is 0 Å². The standard InChI is InChI=1S/C20H22F2O2/c1-5-24-18(23)7-6-15-11-16(10-14(4)20(15)22)19-13(3)8-12(2)9-17(19)21/h8-11H,5-7H2,1-4H3. The number of halogens is 2. The molecule has 2 nitrogen and oxygen atoms in total. The fourth-order valence-electron chi connectivity index (χ4n) is 2.92. The lowest BCUT2D eigenvalue weighted by atomic mass is 9.93. The molecule has 2 rings (SSSR count). The topological polar surface area (TPSA) is 26.3 Å².